The second kappa shape index (κ2) is 14.0. The molecule has 0 aromatic carbocycles. The summed E-state index contributed by atoms with van der Waals surface area (Å²) in [7, 11) is 0. The lowest BCUT2D eigenvalue weighted by molar-refractivity contribution is -0.141. The molecule has 0 aliphatic rings. The maximum absolute atomic E-state index is 10.5. The van der Waals surface area contributed by atoms with Crippen LogP contribution in [0, 0.1) is 0 Å². The molecule has 0 unspecified atom stereocenters. The predicted octanol–water partition coefficient (Wildman–Crippen LogP) is 4.80. The third kappa shape index (κ3) is 14.9. The third-order valence-corrected chi connectivity index (χ3v) is 2.62. The minimum absolute atomic E-state index is 0.186. The molecule has 0 saturated heterocycles. The van der Waals surface area contributed by atoms with Gasteiger partial charge in [0.05, 0.1) is 6.61 Å². The van der Waals surface area contributed by atoms with Crippen molar-refractivity contribution in [2.45, 2.75) is 65.2 Å². The molecular formula is C16H28O2. The lowest BCUT2D eigenvalue weighted by Crippen LogP contribution is -1.99. The van der Waals surface area contributed by atoms with Gasteiger partial charge >= 0.3 is 5.97 Å². The quantitative estimate of drug-likeness (QED) is 0.300. The van der Waals surface area contributed by atoms with E-state index in [0.29, 0.717) is 6.61 Å². The summed E-state index contributed by atoms with van der Waals surface area (Å²) in [6.07, 6.45) is 18.3. The molecule has 0 atom stereocenters. The first kappa shape index (κ1) is 16.9. The Hall–Kier alpha value is -1.05. The van der Waals surface area contributed by atoms with Crippen LogP contribution in [0.15, 0.2) is 24.3 Å². The van der Waals surface area contributed by atoms with Gasteiger partial charge in [-0.2, -0.15) is 0 Å². The fraction of sp³-hybridized carbons (Fsp3) is 0.688. The zero-order valence-corrected chi connectivity index (χ0v) is 12.0. The van der Waals surface area contributed by atoms with Gasteiger partial charge in [-0.25, -0.2) is 0 Å². The summed E-state index contributed by atoms with van der Waals surface area (Å²) in [5, 5.41) is 0. The minimum atomic E-state index is -0.186. The normalized spacial score (nSPS) is 11.4. The van der Waals surface area contributed by atoms with E-state index in [0.717, 1.165) is 19.3 Å². The predicted molar refractivity (Wildman–Crippen MR) is 77.5 cm³/mol. The van der Waals surface area contributed by atoms with Crippen LogP contribution in [-0.4, -0.2) is 12.6 Å². The maximum atomic E-state index is 10.5. The molecule has 0 fully saturated rings. The Morgan fingerprint density at radius 3 is 1.89 bits per heavy atom. The summed E-state index contributed by atoms with van der Waals surface area (Å²) in [6.45, 7) is 4.21. The molecule has 0 rings (SSSR count). The Bertz CT molecular complexity index is 241. The van der Waals surface area contributed by atoms with Crippen LogP contribution in [0.2, 0.25) is 0 Å². The van der Waals surface area contributed by atoms with E-state index in [1.807, 2.05) is 0 Å². The van der Waals surface area contributed by atoms with E-state index >= 15 is 0 Å². The monoisotopic (exact) mass is 252 g/mol. The Kier molecular flexibility index (Phi) is 13.2. The fourth-order valence-corrected chi connectivity index (χ4v) is 1.56. The van der Waals surface area contributed by atoms with Gasteiger partial charge in [0.1, 0.15) is 0 Å². The topological polar surface area (TPSA) is 26.3 Å². The SMILES string of the molecule is CCCCC=CCCCC=CCCCOC(C)=O. The molecule has 18 heavy (non-hydrogen) atoms. The molecule has 2 nitrogen and oxygen atoms in total. The number of hydrogen-bond acceptors (Lipinski definition) is 2. The Morgan fingerprint density at radius 2 is 1.39 bits per heavy atom. The molecular weight excluding hydrogens is 224 g/mol. The van der Waals surface area contributed by atoms with Crippen LogP contribution in [0.1, 0.15) is 65.2 Å². The average Bonchev–Trinajstić information content (AvgIpc) is 2.34. The molecule has 0 aromatic rings. The lowest BCUT2D eigenvalue weighted by atomic mass is 10.2. The largest absolute Gasteiger partial charge is 0.466 e. The number of unbranched alkanes of at least 4 members (excludes halogenated alkanes) is 5. The van der Waals surface area contributed by atoms with Gasteiger partial charge in [0, 0.05) is 6.92 Å². The summed E-state index contributed by atoms with van der Waals surface area (Å²) >= 11 is 0. The first-order valence-electron chi connectivity index (χ1n) is 7.20. The number of hydrogen-bond donors (Lipinski definition) is 0. The van der Waals surface area contributed by atoms with Gasteiger partial charge in [0.2, 0.25) is 0 Å². The first-order chi connectivity index (χ1) is 8.77. The summed E-state index contributed by atoms with van der Waals surface area (Å²) in [4.78, 5) is 10.5. The van der Waals surface area contributed by atoms with Crippen LogP contribution >= 0.6 is 0 Å². The van der Waals surface area contributed by atoms with Crippen molar-refractivity contribution in [3.8, 4) is 0 Å². The molecule has 0 aliphatic carbocycles. The van der Waals surface area contributed by atoms with Crippen molar-refractivity contribution in [1.82, 2.24) is 0 Å². The highest BCUT2D eigenvalue weighted by atomic mass is 16.5. The molecule has 0 radical (unpaired) electrons. The molecule has 0 bridgehead atoms. The Balaban J connectivity index is 3.18. The van der Waals surface area contributed by atoms with Crippen molar-refractivity contribution in [2.75, 3.05) is 6.61 Å². The van der Waals surface area contributed by atoms with E-state index < -0.39 is 0 Å². The summed E-state index contributed by atoms with van der Waals surface area (Å²) in [6, 6.07) is 0. The van der Waals surface area contributed by atoms with Crippen LogP contribution in [0.3, 0.4) is 0 Å². The van der Waals surface area contributed by atoms with Crippen molar-refractivity contribution in [2.24, 2.45) is 0 Å². The lowest BCUT2D eigenvalue weighted by Gasteiger charge is -1.98. The maximum Gasteiger partial charge on any atom is 0.302 e. The highest BCUT2D eigenvalue weighted by molar-refractivity contribution is 5.65. The number of ether oxygens (including phenoxy) is 1. The molecule has 0 saturated carbocycles. The van der Waals surface area contributed by atoms with Crippen LogP contribution < -0.4 is 0 Å². The van der Waals surface area contributed by atoms with Crippen LogP contribution in [-0.2, 0) is 9.53 Å². The van der Waals surface area contributed by atoms with E-state index in [9.17, 15) is 4.79 Å². The van der Waals surface area contributed by atoms with Gasteiger partial charge in [-0.1, -0.05) is 44.1 Å². The molecule has 104 valence electrons. The van der Waals surface area contributed by atoms with E-state index in [1.165, 1.54) is 39.0 Å². The van der Waals surface area contributed by atoms with Crippen molar-refractivity contribution in [3.63, 3.8) is 0 Å². The van der Waals surface area contributed by atoms with Crippen LogP contribution in [0.4, 0.5) is 0 Å². The van der Waals surface area contributed by atoms with Gasteiger partial charge in [-0.05, 0) is 38.5 Å². The van der Waals surface area contributed by atoms with Crippen LogP contribution in [0.25, 0.3) is 0 Å². The summed E-state index contributed by atoms with van der Waals surface area (Å²) in [5.41, 5.74) is 0. The second-order valence-electron chi connectivity index (χ2n) is 4.50. The molecule has 2 heteroatoms. The van der Waals surface area contributed by atoms with Gasteiger partial charge in [0.15, 0.2) is 0 Å². The number of carbonyl (C=O) groups is 1. The highest BCUT2D eigenvalue weighted by Gasteiger charge is 1.90. The molecule has 0 spiro atoms. The summed E-state index contributed by atoms with van der Waals surface area (Å²) < 4.78 is 4.85. The van der Waals surface area contributed by atoms with E-state index in [4.69, 9.17) is 4.74 Å². The van der Waals surface area contributed by atoms with Crippen molar-refractivity contribution in [3.05, 3.63) is 24.3 Å². The molecule has 0 heterocycles. The molecule has 0 aliphatic heterocycles. The second-order valence-corrected chi connectivity index (χ2v) is 4.50. The zero-order chi connectivity index (χ0) is 13.5. The summed E-state index contributed by atoms with van der Waals surface area (Å²) in [5.74, 6) is -0.186. The molecule has 0 N–H and O–H groups in total. The zero-order valence-electron chi connectivity index (χ0n) is 12.0. The van der Waals surface area contributed by atoms with Gasteiger partial charge in [0.25, 0.3) is 0 Å². The van der Waals surface area contributed by atoms with Gasteiger partial charge in [-0.3, -0.25) is 4.79 Å². The van der Waals surface area contributed by atoms with E-state index in [2.05, 4.69) is 31.2 Å². The van der Waals surface area contributed by atoms with E-state index in [1.54, 1.807) is 0 Å². The highest BCUT2D eigenvalue weighted by Crippen LogP contribution is 2.02. The van der Waals surface area contributed by atoms with E-state index in [-0.39, 0.29) is 5.97 Å². The van der Waals surface area contributed by atoms with Gasteiger partial charge in [-0.15, -0.1) is 0 Å². The van der Waals surface area contributed by atoms with Crippen molar-refractivity contribution >= 4 is 5.97 Å². The number of esters is 1. The van der Waals surface area contributed by atoms with Gasteiger partial charge < -0.3 is 4.74 Å². The average molecular weight is 252 g/mol. The number of allylic oxidation sites excluding steroid dienone is 4. The standard InChI is InChI=1S/C16H28O2/c1-3-4-5-6-7-8-9-10-11-12-13-14-15-18-16(2)17/h6-7,11-12H,3-5,8-10,13-15H2,1-2H3. The molecule has 0 aromatic heterocycles. The first-order valence-corrected chi connectivity index (χ1v) is 7.20. The smallest absolute Gasteiger partial charge is 0.302 e. The van der Waals surface area contributed by atoms with Crippen molar-refractivity contribution in [1.29, 1.82) is 0 Å². The third-order valence-electron chi connectivity index (χ3n) is 2.62. The minimum Gasteiger partial charge on any atom is -0.466 e. The Labute approximate surface area is 112 Å². The number of carbonyl (C=O) groups excluding carboxylic acids is 1. The molecule has 0 amide bonds. The number of rotatable bonds is 11. The fourth-order valence-electron chi connectivity index (χ4n) is 1.56. The van der Waals surface area contributed by atoms with Crippen molar-refractivity contribution < 1.29 is 9.53 Å². The Morgan fingerprint density at radius 1 is 0.889 bits per heavy atom. The van der Waals surface area contributed by atoms with Crippen LogP contribution in [0.5, 0.6) is 0 Å².